The van der Waals surface area contributed by atoms with Gasteiger partial charge in [0, 0.05) is 12.1 Å². The highest BCUT2D eigenvalue weighted by molar-refractivity contribution is 7.90. The molecule has 0 N–H and O–H groups in total. The van der Waals surface area contributed by atoms with Crippen molar-refractivity contribution in [3.63, 3.8) is 0 Å². The van der Waals surface area contributed by atoms with E-state index in [1.165, 1.54) is 12.8 Å². The van der Waals surface area contributed by atoms with Crippen LogP contribution in [0.5, 0.6) is 0 Å². The van der Waals surface area contributed by atoms with E-state index in [1.54, 1.807) is 4.31 Å². The highest BCUT2D eigenvalue weighted by atomic mass is 32.2. The van der Waals surface area contributed by atoms with Crippen LogP contribution in [0.4, 0.5) is 0 Å². The van der Waals surface area contributed by atoms with Crippen LogP contribution in [-0.4, -0.2) is 30.1 Å². The summed E-state index contributed by atoms with van der Waals surface area (Å²) in [6.45, 7) is 0. The molecule has 0 aromatic rings. The second kappa shape index (κ2) is 2.48. The van der Waals surface area contributed by atoms with Crippen molar-refractivity contribution in [3.05, 3.63) is 0 Å². The van der Waals surface area contributed by atoms with Gasteiger partial charge in [0.1, 0.15) is 0 Å². The Morgan fingerprint density at radius 3 is 1.92 bits per heavy atom. The third-order valence-corrected chi connectivity index (χ3v) is 5.94. The van der Waals surface area contributed by atoms with Crippen LogP contribution in [-0.2, 0) is 10.0 Å². The van der Waals surface area contributed by atoms with E-state index in [0.717, 1.165) is 25.7 Å². The molecule has 1 heterocycles. The molecule has 3 fully saturated rings. The minimum Gasteiger partial charge on any atom is -0.212 e. The molecule has 0 spiro atoms. The van der Waals surface area contributed by atoms with Crippen molar-refractivity contribution in [3.8, 4) is 0 Å². The second-order valence-electron chi connectivity index (χ2n) is 4.49. The Kier molecular flexibility index (Phi) is 1.57. The molecule has 2 aliphatic carbocycles. The van der Waals surface area contributed by atoms with E-state index in [0.29, 0.717) is 12.1 Å². The number of nitrogens with zero attached hydrogens (tertiary/aromatic N) is 1. The Bertz CT molecular complexity index is 309. The largest absolute Gasteiger partial charge is 0.217 e. The zero-order valence-corrected chi connectivity index (χ0v) is 8.46. The van der Waals surface area contributed by atoms with Gasteiger partial charge < -0.3 is 0 Å². The molecule has 0 bridgehead atoms. The molecule has 2 saturated carbocycles. The fourth-order valence-electron chi connectivity index (χ4n) is 2.57. The first kappa shape index (κ1) is 8.24. The SMILES string of the molecule is O=S(=O)(C1CC1)N1[C@@H]2CCCC[C@H]21. The second-order valence-corrected chi connectivity index (χ2v) is 6.61. The van der Waals surface area contributed by atoms with E-state index < -0.39 is 10.0 Å². The van der Waals surface area contributed by atoms with Crippen molar-refractivity contribution in [2.75, 3.05) is 0 Å². The maximum Gasteiger partial charge on any atom is 0.217 e. The highest BCUT2D eigenvalue weighted by Crippen LogP contribution is 2.47. The molecule has 3 aliphatic rings. The van der Waals surface area contributed by atoms with E-state index in [-0.39, 0.29) is 5.25 Å². The van der Waals surface area contributed by atoms with Crippen LogP contribution in [0.15, 0.2) is 0 Å². The Balaban J connectivity index is 1.80. The summed E-state index contributed by atoms with van der Waals surface area (Å²) < 4.78 is 25.5. The molecule has 1 saturated heterocycles. The summed E-state index contributed by atoms with van der Waals surface area (Å²) in [6.07, 6.45) is 6.46. The number of rotatable bonds is 2. The monoisotopic (exact) mass is 201 g/mol. The molecule has 1 aliphatic heterocycles. The van der Waals surface area contributed by atoms with E-state index in [2.05, 4.69) is 0 Å². The van der Waals surface area contributed by atoms with Gasteiger partial charge in [0.2, 0.25) is 10.0 Å². The van der Waals surface area contributed by atoms with Crippen LogP contribution in [0.3, 0.4) is 0 Å². The summed E-state index contributed by atoms with van der Waals surface area (Å²) in [4.78, 5) is 0. The van der Waals surface area contributed by atoms with Gasteiger partial charge in [-0.2, -0.15) is 4.31 Å². The average Bonchev–Trinajstić information content (AvgIpc) is 2.99. The van der Waals surface area contributed by atoms with Crippen LogP contribution in [0.2, 0.25) is 0 Å². The zero-order chi connectivity index (χ0) is 9.05. The quantitative estimate of drug-likeness (QED) is 0.627. The maximum atomic E-state index is 11.8. The Hall–Kier alpha value is -0.0900. The van der Waals surface area contributed by atoms with Gasteiger partial charge in [-0.25, -0.2) is 8.42 Å². The van der Waals surface area contributed by atoms with Gasteiger partial charge >= 0.3 is 0 Å². The van der Waals surface area contributed by atoms with Crippen LogP contribution in [0.25, 0.3) is 0 Å². The lowest BCUT2D eigenvalue weighted by Gasteiger charge is -2.02. The van der Waals surface area contributed by atoms with Gasteiger partial charge in [-0.15, -0.1) is 0 Å². The van der Waals surface area contributed by atoms with Crippen molar-refractivity contribution in [1.82, 2.24) is 4.31 Å². The van der Waals surface area contributed by atoms with Crippen LogP contribution in [0.1, 0.15) is 38.5 Å². The van der Waals surface area contributed by atoms with E-state index in [9.17, 15) is 8.42 Å². The van der Waals surface area contributed by atoms with Crippen LogP contribution >= 0.6 is 0 Å². The lowest BCUT2D eigenvalue weighted by atomic mass is 10.0. The summed E-state index contributed by atoms with van der Waals surface area (Å²) in [6, 6.07) is 0.804. The van der Waals surface area contributed by atoms with Crippen LogP contribution < -0.4 is 0 Å². The Morgan fingerprint density at radius 2 is 1.46 bits per heavy atom. The van der Waals surface area contributed by atoms with E-state index in [1.807, 2.05) is 0 Å². The summed E-state index contributed by atoms with van der Waals surface area (Å²) in [7, 11) is -2.84. The molecule has 3 rings (SSSR count). The highest BCUT2D eigenvalue weighted by Gasteiger charge is 2.58. The molecule has 2 atom stereocenters. The minimum absolute atomic E-state index is 0.00176. The number of fused-ring (bicyclic) bond motifs is 1. The number of hydrogen-bond donors (Lipinski definition) is 0. The molecule has 0 aromatic heterocycles. The van der Waals surface area contributed by atoms with Crippen molar-refractivity contribution in [1.29, 1.82) is 0 Å². The summed E-state index contributed by atoms with van der Waals surface area (Å²) >= 11 is 0. The first-order chi connectivity index (χ1) is 6.21. The summed E-state index contributed by atoms with van der Waals surface area (Å²) in [5.74, 6) is 0. The van der Waals surface area contributed by atoms with Gasteiger partial charge in [0.25, 0.3) is 0 Å². The predicted octanol–water partition coefficient (Wildman–Crippen LogP) is 1.11. The van der Waals surface area contributed by atoms with Gasteiger partial charge in [-0.3, -0.25) is 0 Å². The maximum absolute atomic E-state index is 11.8. The van der Waals surface area contributed by atoms with Gasteiger partial charge in [0.15, 0.2) is 0 Å². The molecule has 0 aromatic carbocycles. The molecule has 0 radical (unpaired) electrons. The third-order valence-electron chi connectivity index (χ3n) is 3.50. The Labute approximate surface area is 79.2 Å². The van der Waals surface area contributed by atoms with E-state index in [4.69, 9.17) is 0 Å². The molecule has 0 unspecified atom stereocenters. The fraction of sp³-hybridized carbons (Fsp3) is 1.00. The van der Waals surface area contributed by atoms with E-state index >= 15 is 0 Å². The number of hydrogen-bond acceptors (Lipinski definition) is 2. The zero-order valence-electron chi connectivity index (χ0n) is 7.65. The molecule has 13 heavy (non-hydrogen) atoms. The summed E-state index contributed by atoms with van der Waals surface area (Å²) in [5.41, 5.74) is 0. The third kappa shape index (κ3) is 1.15. The lowest BCUT2D eigenvalue weighted by molar-refractivity contribution is 0.543. The molecule has 4 heteroatoms. The fourth-order valence-corrected chi connectivity index (χ4v) is 4.84. The molecule has 3 nitrogen and oxygen atoms in total. The molecule has 0 amide bonds. The smallest absolute Gasteiger partial charge is 0.212 e. The lowest BCUT2D eigenvalue weighted by Crippen LogP contribution is -2.19. The molecule has 74 valence electrons. The van der Waals surface area contributed by atoms with Crippen molar-refractivity contribution >= 4 is 10.0 Å². The van der Waals surface area contributed by atoms with Crippen molar-refractivity contribution in [2.24, 2.45) is 0 Å². The number of sulfonamides is 1. The first-order valence-electron chi connectivity index (χ1n) is 5.23. The topological polar surface area (TPSA) is 37.1 Å². The predicted molar refractivity (Wildman–Crippen MR) is 49.8 cm³/mol. The minimum atomic E-state index is -2.84. The summed E-state index contributed by atoms with van der Waals surface area (Å²) in [5, 5.41) is -0.00176. The van der Waals surface area contributed by atoms with Crippen molar-refractivity contribution in [2.45, 2.75) is 55.9 Å². The standard InChI is InChI=1S/C9H15NO2S/c11-13(12,7-5-6-7)10-8-3-1-2-4-9(8)10/h7-9H,1-6H2/t8-,9-/m1/s1. The van der Waals surface area contributed by atoms with Crippen LogP contribution in [0, 0.1) is 0 Å². The van der Waals surface area contributed by atoms with Crippen molar-refractivity contribution < 1.29 is 8.42 Å². The average molecular weight is 201 g/mol. The molecular formula is C9H15NO2S. The molecular weight excluding hydrogens is 186 g/mol. The van der Waals surface area contributed by atoms with Gasteiger partial charge in [-0.1, -0.05) is 12.8 Å². The normalized spacial score (nSPS) is 44.2. The Morgan fingerprint density at radius 1 is 0.923 bits per heavy atom. The van der Waals surface area contributed by atoms with Gasteiger partial charge in [-0.05, 0) is 25.7 Å². The van der Waals surface area contributed by atoms with Gasteiger partial charge in [0.05, 0.1) is 5.25 Å². The first-order valence-corrected chi connectivity index (χ1v) is 6.74.